The molecule has 6 atom stereocenters. The molecule has 3 bridgehead atoms. The van der Waals surface area contributed by atoms with Crippen LogP contribution >= 0.6 is 0 Å². The van der Waals surface area contributed by atoms with Crippen LogP contribution in [0.4, 0.5) is 0 Å². The summed E-state index contributed by atoms with van der Waals surface area (Å²) in [5, 5.41) is 3.37. The molecule has 0 radical (unpaired) electrons. The minimum absolute atomic E-state index is 0.000972. The molecule has 2 saturated carbocycles. The van der Waals surface area contributed by atoms with Gasteiger partial charge in [0.05, 0.1) is 0 Å². The first kappa shape index (κ1) is 14.4. The molecule has 0 spiro atoms. The zero-order valence-electron chi connectivity index (χ0n) is 13.7. The van der Waals surface area contributed by atoms with Crippen molar-refractivity contribution in [2.45, 2.75) is 76.9 Å². The predicted molar refractivity (Wildman–Crippen MR) is 81.4 cm³/mol. The first-order chi connectivity index (χ1) is 9.33. The van der Waals surface area contributed by atoms with Gasteiger partial charge in [-0.2, -0.15) is 0 Å². The van der Waals surface area contributed by atoms with E-state index in [1.165, 1.54) is 32.1 Å². The van der Waals surface area contributed by atoms with Crippen molar-refractivity contribution in [3.63, 3.8) is 0 Å². The van der Waals surface area contributed by atoms with Crippen molar-refractivity contribution < 1.29 is 4.79 Å². The number of nitrogens with one attached hydrogen (secondary N) is 1. The Bertz CT molecular complexity index is 423. The number of hydrogen-bond acceptors (Lipinski definition) is 2. The van der Waals surface area contributed by atoms with Crippen molar-refractivity contribution in [2.24, 2.45) is 17.8 Å². The smallest absolute Gasteiger partial charge is 0.217 e. The van der Waals surface area contributed by atoms with Crippen LogP contribution in [-0.4, -0.2) is 35.0 Å². The van der Waals surface area contributed by atoms with E-state index in [1.807, 2.05) is 0 Å². The summed E-state index contributed by atoms with van der Waals surface area (Å²) in [6.45, 7) is 8.79. The lowest BCUT2D eigenvalue weighted by atomic mass is 9.49. The highest BCUT2D eigenvalue weighted by atomic mass is 16.1. The van der Waals surface area contributed by atoms with Crippen LogP contribution in [0.3, 0.4) is 0 Å². The fourth-order valence-corrected chi connectivity index (χ4v) is 5.94. The third-order valence-electron chi connectivity index (χ3n) is 7.24. The number of nitrogens with zero attached hydrogens (tertiary/aromatic N) is 1. The zero-order valence-corrected chi connectivity index (χ0v) is 13.7. The third-order valence-corrected chi connectivity index (χ3v) is 7.24. The molecule has 3 fully saturated rings. The third kappa shape index (κ3) is 1.71. The first-order valence-corrected chi connectivity index (χ1v) is 8.34. The van der Waals surface area contributed by atoms with Crippen LogP contribution in [-0.2, 0) is 4.79 Å². The maximum atomic E-state index is 11.8. The number of amides is 1. The van der Waals surface area contributed by atoms with Gasteiger partial charge in [-0.05, 0) is 70.8 Å². The van der Waals surface area contributed by atoms with E-state index in [-0.39, 0.29) is 11.4 Å². The maximum Gasteiger partial charge on any atom is 0.217 e. The van der Waals surface area contributed by atoms with Crippen LogP contribution in [0.5, 0.6) is 0 Å². The Balaban J connectivity index is 2.02. The Hall–Kier alpha value is -0.570. The minimum Gasteiger partial charge on any atom is -0.351 e. The summed E-state index contributed by atoms with van der Waals surface area (Å²) in [4.78, 5) is 14.4. The summed E-state index contributed by atoms with van der Waals surface area (Å²) < 4.78 is 0. The maximum absolute atomic E-state index is 11.8. The topological polar surface area (TPSA) is 32.3 Å². The van der Waals surface area contributed by atoms with Crippen molar-refractivity contribution in [3.05, 3.63) is 0 Å². The monoisotopic (exact) mass is 278 g/mol. The molecule has 114 valence electrons. The molecule has 3 heteroatoms. The Kier molecular flexibility index (Phi) is 3.20. The van der Waals surface area contributed by atoms with E-state index in [1.54, 1.807) is 6.92 Å². The fourth-order valence-electron chi connectivity index (χ4n) is 5.94. The van der Waals surface area contributed by atoms with E-state index < -0.39 is 0 Å². The molecule has 1 heterocycles. The van der Waals surface area contributed by atoms with Gasteiger partial charge in [0, 0.05) is 24.0 Å². The highest BCUT2D eigenvalue weighted by Gasteiger charge is 2.61. The molecule has 3 aliphatic rings. The second-order valence-corrected chi connectivity index (χ2v) is 7.92. The van der Waals surface area contributed by atoms with Gasteiger partial charge in [0.1, 0.15) is 0 Å². The second-order valence-electron chi connectivity index (χ2n) is 7.92. The summed E-state index contributed by atoms with van der Waals surface area (Å²) in [7, 11) is 2.33. The van der Waals surface area contributed by atoms with Crippen molar-refractivity contribution >= 4 is 5.91 Å². The SMILES string of the molecule is CC[C@H]1C2CC3CC(CC[C@@]3(C)N1C)[C@]2(C)NC(C)=O. The molecule has 1 aliphatic heterocycles. The zero-order chi connectivity index (χ0) is 14.7. The molecule has 3 unspecified atom stereocenters. The Labute approximate surface area is 123 Å². The van der Waals surface area contributed by atoms with Gasteiger partial charge >= 0.3 is 0 Å². The van der Waals surface area contributed by atoms with Crippen LogP contribution < -0.4 is 5.32 Å². The lowest BCUT2D eigenvalue weighted by Crippen LogP contribution is -2.74. The highest BCUT2D eigenvalue weighted by molar-refractivity contribution is 5.74. The fraction of sp³-hybridized carbons (Fsp3) is 0.941. The Morgan fingerprint density at radius 2 is 2.00 bits per heavy atom. The molecule has 3 nitrogen and oxygen atoms in total. The summed E-state index contributed by atoms with van der Waals surface area (Å²) in [5.41, 5.74) is 0.393. The quantitative estimate of drug-likeness (QED) is 0.842. The molecule has 0 aromatic heterocycles. The van der Waals surface area contributed by atoms with Gasteiger partial charge < -0.3 is 5.32 Å². The average molecular weight is 278 g/mol. The number of likely N-dealkylation sites (tertiary alicyclic amines) is 1. The van der Waals surface area contributed by atoms with Gasteiger partial charge in [0.25, 0.3) is 0 Å². The number of rotatable bonds is 2. The van der Waals surface area contributed by atoms with E-state index >= 15 is 0 Å². The summed E-state index contributed by atoms with van der Waals surface area (Å²) >= 11 is 0. The number of carbonyl (C=O) groups is 1. The first-order valence-electron chi connectivity index (χ1n) is 8.34. The van der Waals surface area contributed by atoms with Crippen molar-refractivity contribution in [1.29, 1.82) is 0 Å². The Morgan fingerprint density at radius 3 is 2.60 bits per heavy atom. The average Bonchev–Trinajstić information content (AvgIpc) is 2.37. The van der Waals surface area contributed by atoms with E-state index in [2.05, 4.69) is 38.0 Å². The standard InChI is InChI=1S/C17H30N2O/c1-6-15-14-10-13-9-12(17(14,4)18-11(2)20)7-8-16(13,3)19(15)5/h12-15H,6-10H2,1-5H3,(H,18,20)/t12?,13?,14?,15-,16+,17-/m0/s1. The van der Waals surface area contributed by atoms with E-state index in [0.29, 0.717) is 23.4 Å². The van der Waals surface area contributed by atoms with Crippen LogP contribution in [0, 0.1) is 17.8 Å². The molecular formula is C17H30N2O. The van der Waals surface area contributed by atoms with Crippen molar-refractivity contribution in [1.82, 2.24) is 10.2 Å². The van der Waals surface area contributed by atoms with E-state index in [9.17, 15) is 4.79 Å². The molecular weight excluding hydrogens is 248 g/mol. The molecule has 1 amide bonds. The lowest BCUT2D eigenvalue weighted by molar-refractivity contribution is -0.161. The number of carbonyl (C=O) groups excluding carboxylic acids is 1. The van der Waals surface area contributed by atoms with Crippen molar-refractivity contribution in [3.8, 4) is 0 Å². The Morgan fingerprint density at radius 1 is 1.30 bits per heavy atom. The van der Waals surface area contributed by atoms with Crippen LogP contribution in [0.25, 0.3) is 0 Å². The molecule has 2 aliphatic carbocycles. The molecule has 0 aromatic rings. The number of piperidine rings is 1. The molecule has 0 aromatic carbocycles. The molecule has 3 rings (SSSR count). The van der Waals surface area contributed by atoms with Gasteiger partial charge in [-0.15, -0.1) is 0 Å². The summed E-state index contributed by atoms with van der Waals surface area (Å²) in [5.74, 6) is 2.24. The number of hydrogen-bond donors (Lipinski definition) is 1. The largest absolute Gasteiger partial charge is 0.351 e. The van der Waals surface area contributed by atoms with Gasteiger partial charge in [-0.25, -0.2) is 0 Å². The number of fused-ring (bicyclic) bond motifs is 2. The predicted octanol–water partition coefficient (Wildman–Crippen LogP) is 2.80. The lowest BCUT2D eigenvalue weighted by Gasteiger charge is -2.68. The summed E-state index contributed by atoms with van der Waals surface area (Å²) in [6, 6.07) is 0.608. The van der Waals surface area contributed by atoms with Crippen molar-refractivity contribution in [2.75, 3.05) is 7.05 Å². The van der Waals surface area contributed by atoms with Gasteiger partial charge in [-0.3, -0.25) is 9.69 Å². The summed E-state index contributed by atoms with van der Waals surface area (Å²) in [6.07, 6.45) is 6.33. The molecule has 1 N–H and O–H groups in total. The second kappa shape index (κ2) is 4.46. The van der Waals surface area contributed by atoms with Crippen LogP contribution in [0.15, 0.2) is 0 Å². The van der Waals surface area contributed by atoms with E-state index in [0.717, 1.165) is 5.92 Å². The molecule has 20 heavy (non-hydrogen) atoms. The van der Waals surface area contributed by atoms with Crippen LogP contribution in [0.1, 0.15) is 59.8 Å². The van der Waals surface area contributed by atoms with E-state index in [4.69, 9.17) is 0 Å². The highest BCUT2D eigenvalue weighted by Crippen LogP contribution is 2.59. The normalized spacial score (nSPS) is 51.0. The minimum atomic E-state index is -0.000972. The van der Waals surface area contributed by atoms with Gasteiger partial charge in [0.15, 0.2) is 0 Å². The molecule has 1 saturated heterocycles. The van der Waals surface area contributed by atoms with Crippen LogP contribution in [0.2, 0.25) is 0 Å². The van der Waals surface area contributed by atoms with Gasteiger partial charge in [0.2, 0.25) is 5.91 Å². The van der Waals surface area contributed by atoms with Gasteiger partial charge in [-0.1, -0.05) is 6.92 Å².